The first kappa shape index (κ1) is 14.9. The highest BCUT2D eigenvalue weighted by molar-refractivity contribution is 7.89. The first-order chi connectivity index (χ1) is 7.63. The Kier molecular flexibility index (Phi) is 4.54. The van der Waals surface area contributed by atoms with Gasteiger partial charge in [-0.2, -0.15) is 4.31 Å². The molecule has 17 heavy (non-hydrogen) atoms. The van der Waals surface area contributed by atoms with E-state index >= 15 is 0 Å². The zero-order valence-electron chi connectivity index (χ0n) is 10.8. The molecule has 0 radical (unpaired) electrons. The molecule has 0 aromatic rings. The van der Waals surface area contributed by atoms with Gasteiger partial charge in [-0.15, -0.1) is 0 Å². The Morgan fingerprint density at radius 1 is 1.47 bits per heavy atom. The largest absolute Gasteiger partial charge is 0.392 e. The van der Waals surface area contributed by atoms with Crippen LogP contribution in [0.1, 0.15) is 40.0 Å². The van der Waals surface area contributed by atoms with Crippen molar-refractivity contribution in [1.82, 2.24) is 4.31 Å². The summed E-state index contributed by atoms with van der Waals surface area (Å²) in [5.74, 6) is 0.176. The average Bonchev–Trinajstić information content (AvgIpc) is 2.62. The van der Waals surface area contributed by atoms with Crippen LogP contribution in [-0.4, -0.2) is 36.1 Å². The summed E-state index contributed by atoms with van der Waals surface area (Å²) in [6.07, 6.45) is 2.25. The van der Waals surface area contributed by atoms with E-state index in [4.69, 9.17) is 18.0 Å². The van der Waals surface area contributed by atoms with Crippen molar-refractivity contribution in [3.63, 3.8) is 0 Å². The van der Waals surface area contributed by atoms with Crippen LogP contribution in [-0.2, 0) is 10.0 Å². The maximum atomic E-state index is 12.2. The summed E-state index contributed by atoms with van der Waals surface area (Å²) in [6, 6.07) is -0.269. The topological polar surface area (TPSA) is 63.4 Å². The first-order valence-electron chi connectivity index (χ1n) is 5.92. The molecule has 100 valence electrons. The van der Waals surface area contributed by atoms with Gasteiger partial charge < -0.3 is 5.73 Å². The second-order valence-corrected chi connectivity index (χ2v) is 8.31. The average molecular weight is 278 g/mol. The summed E-state index contributed by atoms with van der Waals surface area (Å²) < 4.78 is 25.9. The van der Waals surface area contributed by atoms with E-state index in [1.807, 2.05) is 20.8 Å². The Balaban J connectivity index is 2.73. The van der Waals surface area contributed by atoms with Crippen LogP contribution in [0, 0.1) is 5.41 Å². The molecule has 1 atom stereocenters. The molecule has 1 aliphatic heterocycles. The molecular weight excluding hydrogens is 256 g/mol. The molecule has 4 nitrogen and oxygen atoms in total. The highest BCUT2D eigenvalue weighted by atomic mass is 32.2. The fourth-order valence-electron chi connectivity index (χ4n) is 1.91. The number of thiocarbonyl (C=S) groups is 1. The fraction of sp³-hybridized carbons (Fsp3) is 0.909. The molecule has 1 saturated heterocycles. The van der Waals surface area contributed by atoms with Crippen LogP contribution in [0.2, 0.25) is 0 Å². The number of nitrogens with two attached hydrogens (primary N) is 1. The van der Waals surface area contributed by atoms with E-state index in [0.29, 0.717) is 18.0 Å². The molecule has 1 rings (SSSR count). The van der Waals surface area contributed by atoms with Crippen molar-refractivity contribution in [2.75, 3.05) is 12.3 Å². The first-order valence-corrected chi connectivity index (χ1v) is 7.94. The summed E-state index contributed by atoms with van der Waals surface area (Å²) in [4.78, 5) is 0.293. The number of hydrogen-bond donors (Lipinski definition) is 1. The predicted molar refractivity (Wildman–Crippen MR) is 74.4 cm³/mol. The van der Waals surface area contributed by atoms with Gasteiger partial charge in [0.25, 0.3) is 0 Å². The van der Waals surface area contributed by atoms with E-state index in [2.05, 4.69) is 0 Å². The Bertz CT molecular complexity index is 385. The lowest BCUT2D eigenvalue weighted by Crippen LogP contribution is -2.44. The van der Waals surface area contributed by atoms with Crippen LogP contribution < -0.4 is 5.73 Å². The molecule has 1 heterocycles. The van der Waals surface area contributed by atoms with Crippen molar-refractivity contribution in [1.29, 1.82) is 0 Å². The summed E-state index contributed by atoms with van der Waals surface area (Å²) >= 11 is 4.93. The van der Waals surface area contributed by atoms with Crippen molar-refractivity contribution in [2.45, 2.75) is 46.1 Å². The third-order valence-corrected chi connectivity index (χ3v) is 5.14. The Labute approximate surface area is 110 Å². The summed E-state index contributed by atoms with van der Waals surface area (Å²) in [5, 5.41) is 0. The van der Waals surface area contributed by atoms with Crippen LogP contribution in [0.25, 0.3) is 0 Å². The zero-order chi connectivity index (χ0) is 13.3. The monoisotopic (exact) mass is 278 g/mol. The molecular formula is C11H22N2O2S2. The van der Waals surface area contributed by atoms with E-state index in [0.717, 1.165) is 12.8 Å². The van der Waals surface area contributed by atoms with E-state index in [1.165, 1.54) is 4.31 Å². The van der Waals surface area contributed by atoms with Gasteiger partial charge in [-0.05, 0) is 24.7 Å². The second kappa shape index (κ2) is 5.20. The lowest BCUT2D eigenvalue weighted by Gasteiger charge is -2.25. The lowest BCUT2D eigenvalue weighted by atomic mass is 9.94. The zero-order valence-corrected chi connectivity index (χ0v) is 12.4. The highest BCUT2D eigenvalue weighted by Crippen LogP contribution is 2.25. The Hall–Kier alpha value is -0.200. The minimum Gasteiger partial charge on any atom is -0.392 e. The van der Waals surface area contributed by atoms with E-state index in [-0.39, 0.29) is 17.2 Å². The molecule has 1 unspecified atom stereocenters. The molecule has 0 aliphatic carbocycles. The predicted octanol–water partition coefficient (Wildman–Crippen LogP) is 1.50. The van der Waals surface area contributed by atoms with Gasteiger partial charge in [0.05, 0.1) is 16.8 Å². The van der Waals surface area contributed by atoms with E-state index in [9.17, 15) is 8.42 Å². The van der Waals surface area contributed by atoms with Gasteiger partial charge in [0.1, 0.15) is 0 Å². The minimum absolute atomic E-state index is 0.0194. The SMILES string of the molecule is CC(C)(C)CCS(=O)(=O)N1CCCC1C(N)=S. The molecule has 0 bridgehead atoms. The highest BCUT2D eigenvalue weighted by Gasteiger charge is 2.35. The van der Waals surface area contributed by atoms with Crippen molar-refractivity contribution < 1.29 is 8.42 Å². The molecule has 0 aromatic carbocycles. The molecule has 2 N–H and O–H groups in total. The van der Waals surface area contributed by atoms with Gasteiger partial charge in [0, 0.05) is 6.54 Å². The standard InChI is InChI=1S/C11H22N2O2S2/c1-11(2,3)6-8-17(14,15)13-7-4-5-9(13)10(12)16/h9H,4-8H2,1-3H3,(H2,12,16). The summed E-state index contributed by atoms with van der Waals surface area (Å²) in [6.45, 7) is 6.67. The van der Waals surface area contributed by atoms with Crippen molar-refractivity contribution in [2.24, 2.45) is 11.1 Å². The van der Waals surface area contributed by atoms with Crippen molar-refractivity contribution in [3.05, 3.63) is 0 Å². The Morgan fingerprint density at radius 3 is 2.53 bits per heavy atom. The van der Waals surface area contributed by atoms with Gasteiger partial charge in [-0.3, -0.25) is 0 Å². The number of sulfonamides is 1. The van der Waals surface area contributed by atoms with Crippen LogP contribution in [0.5, 0.6) is 0 Å². The van der Waals surface area contributed by atoms with Crippen LogP contribution in [0.15, 0.2) is 0 Å². The van der Waals surface area contributed by atoms with Crippen LogP contribution in [0.3, 0.4) is 0 Å². The molecule has 6 heteroatoms. The maximum absolute atomic E-state index is 12.2. The summed E-state index contributed by atoms with van der Waals surface area (Å²) in [5.41, 5.74) is 5.61. The van der Waals surface area contributed by atoms with Gasteiger partial charge in [-0.1, -0.05) is 33.0 Å². The normalized spacial score (nSPS) is 22.9. The molecule has 0 spiro atoms. The smallest absolute Gasteiger partial charge is 0.214 e. The van der Waals surface area contributed by atoms with Crippen molar-refractivity contribution >= 4 is 27.2 Å². The molecule has 0 amide bonds. The van der Waals surface area contributed by atoms with Gasteiger partial charge in [-0.25, -0.2) is 8.42 Å². The minimum atomic E-state index is -3.22. The van der Waals surface area contributed by atoms with Gasteiger partial charge in [0.15, 0.2) is 0 Å². The van der Waals surface area contributed by atoms with Gasteiger partial charge in [0.2, 0.25) is 10.0 Å². The third-order valence-electron chi connectivity index (χ3n) is 3.00. The van der Waals surface area contributed by atoms with E-state index in [1.54, 1.807) is 0 Å². The molecule has 0 saturated carbocycles. The van der Waals surface area contributed by atoms with Crippen LogP contribution >= 0.6 is 12.2 Å². The lowest BCUT2D eigenvalue weighted by molar-refractivity contribution is 0.385. The quantitative estimate of drug-likeness (QED) is 0.792. The number of hydrogen-bond acceptors (Lipinski definition) is 3. The third kappa shape index (κ3) is 4.19. The molecule has 1 aliphatic rings. The maximum Gasteiger partial charge on any atom is 0.214 e. The number of nitrogens with zero attached hydrogens (tertiary/aromatic N) is 1. The van der Waals surface area contributed by atoms with Crippen LogP contribution in [0.4, 0.5) is 0 Å². The van der Waals surface area contributed by atoms with Crippen molar-refractivity contribution in [3.8, 4) is 0 Å². The Morgan fingerprint density at radius 2 is 2.06 bits per heavy atom. The van der Waals surface area contributed by atoms with E-state index < -0.39 is 10.0 Å². The number of rotatable bonds is 4. The van der Waals surface area contributed by atoms with Gasteiger partial charge >= 0.3 is 0 Å². The summed E-state index contributed by atoms with van der Waals surface area (Å²) in [7, 11) is -3.22. The fourth-order valence-corrected chi connectivity index (χ4v) is 4.34. The second-order valence-electron chi connectivity index (χ2n) is 5.80. The molecule has 0 aromatic heterocycles. The molecule has 1 fully saturated rings.